The molecule has 2 unspecified atom stereocenters. The molecule has 0 aromatic carbocycles. The molecule has 0 amide bonds. The van der Waals surface area contributed by atoms with Crippen molar-refractivity contribution in [1.29, 1.82) is 0 Å². The fourth-order valence-corrected chi connectivity index (χ4v) is 1.57. The van der Waals surface area contributed by atoms with Crippen LogP contribution in [0.5, 0.6) is 0 Å². The quantitative estimate of drug-likeness (QED) is 0.588. The van der Waals surface area contributed by atoms with Crippen molar-refractivity contribution in [2.75, 3.05) is 6.61 Å². The Labute approximate surface area is 65.5 Å². The Kier molecular flexibility index (Phi) is 2.23. The molecule has 0 aliphatic carbocycles. The molecule has 0 bridgehead atoms. The summed E-state index contributed by atoms with van der Waals surface area (Å²) in [6.45, 7) is 1.37. The van der Waals surface area contributed by atoms with E-state index in [1.807, 2.05) is 0 Å². The Bertz CT molecular complexity index is 237. The molecule has 2 atom stereocenters. The highest BCUT2D eigenvalue weighted by molar-refractivity contribution is 8.01. The van der Waals surface area contributed by atoms with Crippen LogP contribution in [0.1, 0.15) is 6.92 Å². The van der Waals surface area contributed by atoms with Crippen molar-refractivity contribution in [2.45, 2.75) is 12.2 Å². The standard InChI is InChI=1S/C5H7NO4S/c1-3-6-10-2-4(5(7)8)11(3)9/h4H,2H2,1H3,(H,7,8). The van der Waals surface area contributed by atoms with E-state index < -0.39 is 22.0 Å². The van der Waals surface area contributed by atoms with Crippen molar-refractivity contribution < 1.29 is 18.9 Å². The molecule has 0 aromatic rings. The van der Waals surface area contributed by atoms with E-state index in [2.05, 4.69) is 9.99 Å². The van der Waals surface area contributed by atoms with Crippen molar-refractivity contribution in [2.24, 2.45) is 5.16 Å². The molecule has 0 saturated heterocycles. The van der Waals surface area contributed by atoms with E-state index >= 15 is 0 Å². The number of carboxylic acid groups (broad SMARTS) is 1. The zero-order chi connectivity index (χ0) is 8.43. The summed E-state index contributed by atoms with van der Waals surface area (Å²) in [6.07, 6.45) is 0. The van der Waals surface area contributed by atoms with Gasteiger partial charge in [-0.2, -0.15) is 0 Å². The number of carbonyl (C=O) groups is 1. The van der Waals surface area contributed by atoms with Crippen LogP contribution in [0.25, 0.3) is 0 Å². The lowest BCUT2D eigenvalue weighted by atomic mass is 10.5. The van der Waals surface area contributed by atoms with Crippen LogP contribution in [-0.2, 0) is 20.4 Å². The summed E-state index contributed by atoms with van der Waals surface area (Å²) in [4.78, 5) is 14.9. The molecule has 1 rings (SSSR count). The van der Waals surface area contributed by atoms with Crippen molar-refractivity contribution in [1.82, 2.24) is 0 Å². The van der Waals surface area contributed by atoms with Gasteiger partial charge in [-0.15, -0.1) is 0 Å². The van der Waals surface area contributed by atoms with Gasteiger partial charge < -0.3 is 9.94 Å². The van der Waals surface area contributed by atoms with E-state index in [0.717, 1.165) is 0 Å². The fourth-order valence-electron chi connectivity index (χ4n) is 0.663. The van der Waals surface area contributed by atoms with Gasteiger partial charge in [0.25, 0.3) is 0 Å². The number of nitrogens with zero attached hydrogens (tertiary/aromatic N) is 1. The Hall–Kier alpha value is -0.910. The van der Waals surface area contributed by atoms with Crippen molar-refractivity contribution in [3.63, 3.8) is 0 Å². The van der Waals surface area contributed by atoms with Crippen LogP contribution in [0.3, 0.4) is 0 Å². The first-order valence-electron chi connectivity index (χ1n) is 2.93. The van der Waals surface area contributed by atoms with Gasteiger partial charge in [0.05, 0.1) is 10.8 Å². The maximum atomic E-state index is 11.1. The van der Waals surface area contributed by atoms with Gasteiger partial charge in [-0.25, -0.2) is 0 Å². The summed E-state index contributed by atoms with van der Waals surface area (Å²) in [5.41, 5.74) is 0. The minimum absolute atomic E-state index is 0.112. The van der Waals surface area contributed by atoms with Gasteiger partial charge in [0.15, 0.2) is 5.25 Å². The third-order valence-corrected chi connectivity index (χ3v) is 2.76. The number of carboxylic acids is 1. The number of rotatable bonds is 1. The molecule has 6 heteroatoms. The number of oxime groups is 1. The number of aliphatic carboxylic acids is 1. The number of hydrogen-bond acceptors (Lipinski definition) is 4. The second-order valence-corrected chi connectivity index (χ2v) is 3.79. The molecule has 1 aliphatic heterocycles. The van der Waals surface area contributed by atoms with Gasteiger partial charge in [0, 0.05) is 0 Å². The lowest BCUT2D eigenvalue weighted by Crippen LogP contribution is -2.36. The van der Waals surface area contributed by atoms with E-state index in [-0.39, 0.29) is 11.7 Å². The van der Waals surface area contributed by atoms with Gasteiger partial charge in [0.2, 0.25) is 0 Å². The first kappa shape index (κ1) is 8.19. The van der Waals surface area contributed by atoms with Gasteiger partial charge in [-0.05, 0) is 6.92 Å². The predicted octanol–water partition coefficient (Wildman–Crippen LogP) is -0.448. The average Bonchev–Trinajstić information content (AvgIpc) is 1.94. The number of hydrogen-bond donors (Lipinski definition) is 1. The van der Waals surface area contributed by atoms with Crippen LogP contribution in [-0.4, -0.2) is 32.2 Å². The zero-order valence-electron chi connectivity index (χ0n) is 5.81. The Morgan fingerprint density at radius 1 is 1.91 bits per heavy atom. The average molecular weight is 177 g/mol. The highest BCUT2D eigenvalue weighted by Crippen LogP contribution is 2.07. The largest absolute Gasteiger partial charge is 0.480 e. The highest BCUT2D eigenvalue weighted by Gasteiger charge is 2.30. The first-order chi connectivity index (χ1) is 5.13. The van der Waals surface area contributed by atoms with Gasteiger partial charge in [0.1, 0.15) is 11.7 Å². The molecule has 0 saturated carbocycles. The first-order valence-corrected chi connectivity index (χ1v) is 4.14. The Balaban J connectivity index is 2.81. The molecule has 0 aromatic heterocycles. The van der Waals surface area contributed by atoms with E-state index in [1.165, 1.54) is 6.92 Å². The summed E-state index contributed by atoms with van der Waals surface area (Å²) in [5, 5.41) is 11.2. The van der Waals surface area contributed by atoms with Crippen LogP contribution in [0, 0.1) is 0 Å². The van der Waals surface area contributed by atoms with Gasteiger partial charge in [-0.1, -0.05) is 5.16 Å². The summed E-state index contributed by atoms with van der Waals surface area (Å²) in [5.74, 6) is -1.11. The predicted molar refractivity (Wildman–Crippen MR) is 38.6 cm³/mol. The second kappa shape index (κ2) is 3.00. The van der Waals surface area contributed by atoms with E-state index in [4.69, 9.17) is 5.11 Å². The van der Waals surface area contributed by atoms with Crippen LogP contribution < -0.4 is 0 Å². The summed E-state index contributed by atoms with van der Waals surface area (Å²) >= 11 is 0. The van der Waals surface area contributed by atoms with Gasteiger partial charge >= 0.3 is 5.97 Å². The molecular weight excluding hydrogens is 170 g/mol. The van der Waals surface area contributed by atoms with Crippen LogP contribution in [0.2, 0.25) is 0 Å². The molecule has 0 spiro atoms. The Morgan fingerprint density at radius 3 is 3.00 bits per heavy atom. The minimum Gasteiger partial charge on any atom is -0.480 e. The molecule has 11 heavy (non-hydrogen) atoms. The maximum absolute atomic E-state index is 11.1. The minimum atomic E-state index is -1.53. The van der Waals surface area contributed by atoms with Crippen molar-refractivity contribution in [3.8, 4) is 0 Å². The smallest absolute Gasteiger partial charge is 0.323 e. The molecule has 62 valence electrons. The molecule has 0 radical (unpaired) electrons. The van der Waals surface area contributed by atoms with E-state index in [1.54, 1.807) is 0 Å². The van der Waals surface area contributed by atoms with Gasteiger partial charge in [-0.3, -0.25) is 9.00 Å². The summed E-state index contributed by atoms with van der Waals surface area (Å²) in [7, 11) is -1.53. The van der Waals surface area contributed by atoms with Crippen LogP contribution in [0.15, 0.2) is 5.16 Å². The molecule has 1 aliphatic rings. The lowest BCUT2D eigenvalue weighted by molar-refractivity contribution is -0.137. The topological polar surface area (TPSA) is 76.0 Å². The van der Waals surface area contributed by atoms with E-state index in [9.17, 15) is 9.00 Å². The second-order valence-electron chi connectivity index (χ2n) is 2.03. The Morgan fingerprint density at radius 2 is 2.55 bits per heavy atom. The maximum Gasteiger partial charge on any atom is 0.323 e. The van der Waals surface area contributed by atoms with Crippen LogP contribution in [0.4, 0.5) is 0 Å². The van der Waals surface area contributed by atoms with Crippen LogP contribution >= 0.6 is 0 Å². The molecule has 5 nitrogen and oxygen atoms in total. The molecular formula is C5H7NO4S. The monoisotopic (exact) mass is 177 g/mol. The third kappa shape index (κ3) is 1.56. The fraction of sp³-hybridized carbons (Fsp3) is 0.600. The zero-order valence-corrected chi connectivity index (χ0v) is 6.63. The third-order valence-electron chi connectivity index (χ3n) is 1.24. The van der Waals surface area contributed by atoms with Crippen molar-refractivity contribution >= 4 is 21.8 Å². The van der Waals surface area contributed by atoms with Crippen molar-refractivity contribution in [3.05, 3.63) is 0 Å². The molecule has 0 fully saturated rings. The SMILES string of the molecule is CC1=NOCC(C(=O)O)S1=O. The summed E-state index contributed by atoms with van der Waals surface area (Å²) < 4.78 is 11.1. The lowest BCUT2D eigenvalue weighted by Gasteiger charge is -2.14. The molecule has 1 N–H and O–H groups in total. The highest BCUT2D eigenvalue weighted by atomic mass is 32.2. The van der Waals surface area contributed by atoms with E-state index in [0.29, 0.717) is 0 Å². The normalized spacial score (nSPS) is 30.5. The molecule has 1 heterocycles. The summed E-state index contributed by atoms with van der Waals surface area (Å²) in [6, 6.07) is 0.